The third kappa shape index (κ3) is 4.02. The van der Waals surface area contributed by atoms with Crippen molar-refractivity contribution in [3.8, 4) is 0 Å². The van der Waals surface area contributed by atoms with Crippen LogP contribution in [0.15, 0.2) is 24.3 Å². The predicted octanol–water partition coefficient (Wildman–Crippen LogP) is 2.24. The summed E-state index contributed by atoms with van der Waals surface area (Å²) in [4.78, 5) is 0. The Morgan fingerprint density at radius 2 is 2.12 bits per heavy atom. The standard InChI is InChI=1S/C12H18FNOS/c1-3-16(15)9-8-14-10(2)11-6-4-5-7-12(11)13/h4-7,10,14H,3,8-9H2,1-2H3. The first-order valence-corrected chi connectivity index (χ1v) is 6.96. The molecular weight excluding hydrogens is 225 g/mol. The highest BCUT2D eigenvalue weighted by molar-refractivity contribution is 7.84. The molecule has 16 heavy (non-hydrogen) atoms. The van der Waals surface area contributed by atoms with Gasteiger partial charge in [-0.25, -0.2) is 4.39 Å². The predicted molar refractivity (Wildman–Crippen MR) is 66.4 cm³/mol. The lowest BCUT2D eigenvalue weighted by Gasteiger charge is -2.14. The van der Waals surface area contributed by atoms with E-state index in [0.29, 0.717) is 23.6 Å². The van der Waals surface area contributed by atoms with Crippen LogP contribution in [-0.2, 0) is 10.8 Å². The second-order valence-electron chi connectivity index (χ2n) is 3.63. The highest BCUT2D eigenvalue weighted by Crippen LogP contribution is 2.15. The molecule has 0 spiro atoms. The maximum Gasteiger partial charge on any atom is 0.127 e. The molecule has 0 fully saturated rings. The quantitative estimate of drug-likeness (QED) is 0.830. The SMILES string of the molecule is CCS(=O)CCNC(C)c1ccccc1F. The first-order chi connectivity index (χ1) is 7.65. The van der Waals surface area contributed by atoms with Crippen molar-refractivity contribution in [1.82, 2.24) is 5.32 Å². The van der Waals surface area contributed by atoms with E-state index in [2.05, 4.69) is 5.32 Å². The molecule has 0 saturated heterocycles. The second-order valence-corrected chi connectivity index (χ2v) is 5.50. The lowest BCUT2D eigenvalue weighted by Crippen LogP contribution is -2.24. The van der Waals surface area contributed by atoms with Crippen LogP contribution in [-0.4, -0.2) is 22.3 Å². The lowest BCUT2D eigenvalue weighted by atomic mass is 10.1. The molecule has 1 aromatic carbocycles. The van der Waals surface area contributed by atoms with Gasteiger partial charge in [-0.3, -0.25) is 4.21 Å². The molecule has 4 heteroatoms. The van der Waals surface area contributed by atoms with Crippen molar-refractivity contribution in [3.63, 3.8) is 0 Å². The van der Waals surface area contributed by atoms with Crippen LogP contribution in [0.5, 0.6) is 0 Å². The van der Waals surface area contributed by atoms with E-state index in [1.807, 2.05) is 19.9 Å². The summed E-state index contributed by atoms with van der Waals surface area (Å²) in [5, 5.41) is 3.17. The molecule has 0 heterocycles. The normalized spacial score (nSPS) is 14.7. The highest BCUT2D eigenvalue weighted by Gasteiger charge is 2.09. The number of hydrogen-bond acceptors (Lipinski definition) is 2. The molecule has 90 valence electrons. The molecule has 0 aliphatic heterocycles. The molecule has 0 aliphatic rings. The van der Waals surface area contributed by atoms with Gasteiger partial charge in [0.05, 0.1) is 0 Å². The summed E-state index contributed by atoms with van der Waals surface area (Å²) in [7, 11) is -0.761. The van der Waals surface area contributed by atoms with Crippen molar-refractivity contribution < 1.29 is 8.60 Å². The van der Waals surface area contributed by atoms with Crippen molar-refractivity contribution in [1.29, 1.82) is 0 Å². The van der Waals surface area contributed by atoms with Crippen LogP contribution in [0.2, 0.25) is 0 Å². The van der Waals surface area contributed by atoms with Crippen LogP contribution in [0.4, 0.5) is 4.39 Å². The Bertz CT molecular complexity index is 357. The number of nitrogens with one attached hydrogen (secondary N) is 1. The molecule has 0 amide bonds. The molecule has 0 aliphatic carbocycles. The Labute approximate surface area is 98.7 Å². The minimum absolute atomic E-state index is 0.0462. The molecule has 2 nitrogen and oxygen atoms in total. The summed E-state index contributed by atoms with van der Waals surface area (Å²) >= 11 is 0. The fourth-order valence-electron chi connectivity index (χ4n) is 1.47. The van der Waals surface area contributed by atoms with Gasteiger partial charge < -0.3 is 5.32 Å². The van der Waals surface area contributed by atoms with Crippen LogP contribution in [0.1, 0.15) is 25.5 Å². The van der Waals surface area contributed by atoms with E-state index in [0.717, 1.165) is 0 Å². The molecule has 2 unspecified atom stereocenters. The van der Waals surface area contributed by atoms with Crippen LogP contribution in [0.3, 0.4) is 0 Å². The maximum absolute atomic E-state index is 13.4. The summed E-state index contributed by atoms with van der Waals surface area (Å²) < 4.78 is 24.6. The summed E-state index contributed by atoms with van der Waals surface area (Å²) in [6.45, 7) is 4.46. The Morgan fingerprint density at radius 1 is 1.44 bits per heavy atom. The molecule has 1 rings (SSSR count). The largest absolute Gasteiger partial charge is 0.309 e. The van der Waals surface area contributed by atoms with Gasteiger partial charge in [-0.1, -0.05) is 25.1 Å². The zero-order valence-corrected chi connectivity index (χ0v) is 10.5. The first-order valence-electron chi connectivity index (χ1n) is 5.48. The average Bonchev–Trinajstić information content (AvgIpc) is 2.29. The van der Waals surface area contributed by atoms with Crippen molar-refractivity contribution in [2.45, 2.75) is 19.9 Å². The van der Waals surface area contributed by atoms with E-state index in [1.165, 1.54) is 6.07 Å². The fraction of sp³-hybridized carbons (Fsp3) is 0.500. The first kappa shape index (κ1) is 13.3. The monoisotopic (exact) mass is 243 g/mol. The van der Waals surface area contributed by atoms with Crippen LogP contribution < -0.4 is 5.32 Å². The Kier molecular flexibility index (Phi) is 5.63. The summed E-state index contributed by atoms with van der Waals surface area (Å²) in [6, 6.07) is 6.68. The zero-order chi connectivity index (χ0) is 12.0. The van der Waals surface area contributed by atoms with Crippen molar-refractivity contribution in [2.24, 2.45) is 0 Å². The minimum atomic E-state index is -0.761. The van der Waals surface area contributed by atoms with E-state index in [1.54, 1.807) is 12.1 Å². The smallest absolute Gasteiger partial charge is 0.127 e. The minimum Gasteiger partial charge on any atom is -0.309 e. The van der Waals surface area contributed by atoms with E-state index in [-0.39, 0.29) is 11.9 Å². The summed E-state index contributed by atoms with van der Waals surface area (Å²) in [6.07, 6.45) is 0. The van der Waals surface area contributed by atoms with E-state index in [4.69, 9.17) is 0 Å². The Balaban J connectivity index is 2.44. The number of benzene rings is 1. The topological polar surface area (TPSA) is 29.1 Å². The van der Waals surface area contributed by atoms with Gasteiger partial charge in [0.2, 0.25) is 0 Å². The van der Waals surface area contributed by atoms with Gasteiger partial charge in [-0.2, -0.15) is 0 Å². The van der Waals surface area contributed by atoms with Crippen LogP contribution >= 0.6 is 0 Å². The van der Waals surface area contributed by atoms with Gasteiger partial charge in [0.15, 0.2) is 0 Å². The molecule has 0 bridgehead atoms. The van der Waals surface area contributed by atoms with E-state index in [9.17, 15) is 8.60 Å². The maximum atomic E-state index is 13.4. The average molecular weight is 243 g/mol. The molecule has 0 radical (unpaired) electrons. The molecule has 0 aromatic heterocycles. The number of rotatable bonds is 6. The van der Waals surface area contributed by atoms with Gasteiger partial charge in [-0.05, 0) is 13.0 Å². The second kappa shape index (κ2) is 6.76. The van der Waals surface area contributed by atoms with Gasteiger partial charge in [0.1, 0.15) is 5.82 Å². The highest BCUT2D eigenvalue weighted by atomic mass is 32.2. The molecule has 1 aromatic rings. The van der Waals surface area contributed by atoms with E-state index >= 15 is 0 Å². The lowest BCUT2D eigenvalue weighted by molar-refractivity contribution is 0.541. The Hall–Kier alpha value is -0.740. The molecule has 1 N–H and O–H groups in total. The van der Waals surface area contributed by atoms with Gasteiger partial charge >= 0.3 is 0 Å². The van der Waals surface area contributed by atoms with E-state index < -0.39 is 10.8 Å². The van der Waals surface area contributed by atoms with Gasteiger partial charge in [0, 0.05) is 40.5 Å². The fourth-order valence-corrected chi connectivity index (χ4v) is 2.10. The summed E-state index contributed by atoms with van der Waals surface area (Å²) in [5.74, 6) is 1.10. The third-order valence-electron chi connectivity index (χ3n) is 2.47. The third-order valence-corrected chi connectivity index (χ3v) is 3.78. The Morgan fingerprint density at radius 3 is 2.75 bits per heavy atom. The van der Waals surface area contributed by atoms with Crippen LogP contribution in [0, 0.1) is 5.82 Å². The molecule has 0 saturated carbocycles. The van der Waals surface area contributed by atoms with Gasteiger partial charge in [0.25, 0.3) is 0 Å². The van der Waals surface area contributed by atoms with Crippen LogP contribution in [0.25, 0.3) is 0 Å². The molecular formula is C12H18FNOS. The van der Waals surface area contributed by atoms with Gasteiger partial charge in [-0.15, -0.1) is 0 Å². The molecule has 2 atom stereocenters. The van der Waals surface area contributed by atoms with Crippen molar-refractivity contribution >= 4 is 10.8 Å². The number of hydrogen-bond donors (Lipinski definition) is 1. The van der Waals surface area contributed by atoms with Crippen molar-refractivity contribution in [2.75, 3.05) is 18.1 Å². The number of halogens is 1. The summed E-state index contributed by atoms with van der Waals surface area (Å²) in [5.41, 5.74) is 0.657. The van der Waals surface area contributed by atoms with Crippen molar-refractivity contribution in [3.05, 3.63) is 35.6 Å². The zero-order valence-electron chi connectivity index (χ0n) is 9.70.